The smallest absolute Gasteiger partial charge is 0.340 e. The number of sulfone groups is 1. The van der Waals surface area contributed by atoms with Gasteiger partial charge in [0.15, 0.2) is 15.7 Å². The van der Waals surface area contributed by atoms with Gasteiger partial charge in [0.25, 0.3) is 11.3 Å². The summed E-state index contributed by atoms with van der Waals surface area (Å²) in [4.78, 5) is 11.0. The van der Waals surface area contributed by atoms with E-state index in [4.69, 9.17) is 16.7 Å². The molecule has 1 unspecified atom stereocenters. The molecule has 148 valence electrons. The molecule has 0 spiro atoms. The molecule has 0 aliphatic heterocycles. The second-order valence-corrected chi connectivity index (χ2v) is 8.69. The van der Waals surface area contributed by atoms with E-state index in [0.717, 1.165) is 12.1 Å². The van der Waals surface area contributed by atoms with Gasteiger partial charge in [-0.1, -0.05) is 11.6 Å². The number of nitrogens with zero attached hydrogens (tertiary/aromatic N) is 1. The second kappa shape index (κ2) is 9.53. The van der Waals surface area contributed by atoms with Gasteiger partial charge in [-0.3, -0.25) is 8.86 Å². The van der Waals surface area contributed by atoms with E-state index in [1.165, 1.54) is 0 Å². The molecule has 0 aliphatic rings. The van der Waals surface area contributed by atoms with Crippen molar-refractivity contribution < 1.29 is 40.3 Å². The summed E-state index contributed by atoms with van der Waals surface area (Å²) in [5.41, 5.74) is -1.46. The van der Waals surface area contributed by atoms with Crippen LogP contribution in [0.1, 0.15) is 23.2 Å². The monoisotopic (exact) mass is 437 g/mol. The Hall–Kier alpha value is -1.37. The minimum absolute atomic E-state index is 0.262. The summed E-state index contributed by atoms with van der Waals surface area (Å²) in [7, 11) is -3.81. The van der Waals surface area contributed by atoms with Gasteiger partial charge in [0.05, 0.1) is 22.2 Å². The summed E-state index contributed by atoms with van der Waals surface area (Å²) in [6.45, 7) is -0.436. The Morgan fingerprint density at radius 2 is 1.92 bits per heavy atom. The van der Waals surface area contributed by atoms with Crippen LogP contribution in [0.5, 0.6) is 0 Å². The first-order valence-electron chi connectivity index (χ1n) is 7.04. The molecule has 1 aromatic rings. The SMILES string of the molecule is O=C(O)c1c(Cl)ccc(N(CCCS(=O)(=O)CCC(F)F)S(=O)O)c1F. The van der Waals surface area contributed by atoms with Crippen molar-refractivity contribution >= 4 is 44.4 Å². The number of hydrogen-bond acceptors (Lipinski definition) is 4. The Morgan fingerprint density at radius 3 is 2.42 bits per heavy atom. The average Bonchev–Trinajstić information content (AvgIpc) is 2.50. The topological polar surface area (TPSA) is 112 Å². The predicted octanol–water partition coefficient (Wildman–Crippen LogP) is 2.58. The number of rotatable bonds is 10. The summed E-state index contributed by atoms with van der Waals surface area (Å²) < 4.78 is 83.0. The van der Waals surface area contributed by atoms with E-state index < -0.39 is 80.1 Å². The van der Waals surface area contributed by atoms with Crippen molar-refractivity contribution in [2.45, 2.75) is 19.3 Å². The molecule has 0 heterocycles. The van der Waals surface area contributed by atoms with Crippen molar-refractivity contribution in [1.29, 1.82) is 0 Å². The van der Waals surface area contributed by atoms with Crippen LogP contribution in [0.3, 0.4) is 0 Å². The van der Waals surface area contributed by atoms with E-state index in [1.54, 1.807) is 0 Å². The van der Waals surface area contributed by atoms with Crippen molar-refractivity contribution in [3.8, 4) is 0 Å². The van der Waals surface area contributed by atoms with Crippen molar-refractivity contribution in [3.05, 3.63) is 28.5 Å². The van der Waals surface area contributed by atoms with Crippen LogP contribution in [-0.4, -0.2) is 52.7 Å². The molecule has 0 bridgehead atoms. The lowest BCUT2D eigenvalue weighted by atomic mass is 10.2. The van der Waals surface area contributed by atoms with E-state index in [1.807, 2.05) is 0 Å². The molecule has 0 aliphatic carbocycles. The minimum atomic E-state index is -3.81. The Bertz CT molecular complexity index is 790. The molecule has 0 aromatic heterocycles. The van der Waals surface area contributed by atoms with E-state index in [2.05, 4.69) is 0 Å². The zero-order chi connectivity index (χ0) is 20.1. The molecule has 7 nitrogen and oxygen atoms in total. The first-order chi connectivity index (χ1) is 12.0. The zero-order valence-electron chi connectivity index (χ0n) is 13.1. The van der Waals surface area contributed by atoms with Crippen LogP contribution in [0.25, 0.3) is 0 Å². The van der Waals surface area contributed by atoms with Gasteiger partial charge in [-0.2, -0.15) is 0 Å². The number of hydrogen-bond donors (Lipinski definition) is 2. The number of aromatic carboxylic acids is 1. The van der Waals surface area contributed by atoms with Crippen LogP contribution >= 0.6 is 11.6 Å². The molecule has 1 atom stereocenters. The number of carboxylic acid groups (broad SMARTS) is 1. The number of carbonyl (C=O) groups is 1. The van der Waals surface area contributed by atoms with Crippen LogP contribution in [0.2, 0.25) is 5.02 Å². The molecule has 0 saturated heterocycles. The second-order valence-electron chi connectivity index (χ2n) is 5.08. The van der Waals surface area contributed by atoms with E-state index >= 15 is 0 Å². The summed E-state index contributed by atoms with van der Waals surface area (Å²) >= 11 is 2.80. The Kier molecular flexibility index (Phi) is 8.31. The third-order valence-corrected chi connectivity index (χ3v) is 6.05. The number of benzene rings is 1. The fourth-order valence-electron chi connectivity index (χ4n) is 2.01. The maximum absolute atomic E-state index is 14.3. The highest BCUT2D eigenvalue weighted by Crippen LogP contribution is 2.29. The number of carboxylic acids is 1. The van der Waals surface area contributed by atoms with Crippen LogP contribution in [0.4, 0.5) is 18.9 Å². The summed E-state index contributed by atoms with van der Waals surface area (Å²) in [6, 6.07) is 1.99. The molecule has 2 N–H and O–H groups in total. The highest BCUT2D eigenvalue weighted by atomic mass is 35.5. The van der Waals surface area contributed by atoms with Crippen molar-refractivity contribution in [2.75, 3.05) is 22.4 Å². The Balaban J connectivity index is 2.94. The number of anilines is 1. The number of alkyl halides is 2. The van der Waals surface area contributed by atoms with Crippen LogP contribution in [0, 0.1) is 5.82 Å². The maximum Gasteiger partial charge on any atom is 0.340 e. The first-order valence-corrected chi connectivity index (χ1v) is 10.3. The molecular formula is C13H15ClF3NO6S2. The Labute approximate surface area is 155 Å². The van der Waals surface area contributed by atoms with Gasteiger partial charge in [0.1, 0.15) is 5.56 Å². The lowest BCUT2D eigenvalue weighted by Gasteiger charge is -2.21. The third kappa shape index (κ3) is 6.41. The van der Waals surface area contributed by atoms with E-state index in [-0.39, 0.29) is 6.42 Å². The average molecular weight is 438 g/mol. The summed E-state index contributed by atoms with van der Waals surface area (Å²) in [6.07, 6.45) is -3.86. The van der Waals surface area contributed by atoms with Crippen molar-refractivity contribution in [1.82, 2.24) is 0 Å². The van der Waals surface area contributed by atoms with Crippen LogP contribution in [0.15, 0.2) is 12.1 Å². The van der Waals surface area contributed by atoms with Gasteiger partial charge in [-0.15, -0.1) is 0 Å². The van der Waals surface area contributed by atoms with Gasteiger partial charge in [-0.05, 0) is 18.6 Å². The molecule has 1 rings (SSSR count). The van der Waals surface area contributed by atoms with E-state index in [9.17, 15) is 35.1 Å². The summed E-state index contributed by atoms with van der Waals surface area (Å²) in [5.74, 6) is -4.35. The molecule has 0 radical (unpaired) electrons. The molecule has 13 heteroatoms. The van der Waals surface area contributed by atoms with Crippen molar-refractivity contribution in [3.63, 3.8) is 0 Å². The quantitative estimate of drug-likeness (QED) is 0.544. The Morgan fingerprint density at radius 1 is 1.31 bits per heavy atom. The fraction of sp³-hybridized carbons (Fsp3) is 0.462. The fourth-order valence-corrected chi connectivity index (χ4v) is 4.14. The first kappa shape index (κ1) is 22.7. The van der Waals surface area contributed by atoms with Crippen molar-refractivity contribution in [2.24, 2.45) is 0 Å². The molecule has 0 amide bonds. The van der Waals surface area contributed by atoms with Gasteiger partial charge in [0.2, 0.25) is 6.43 Å². The highest BCUT2D eigenvalue weighted by molar-refractivity contribution is 7.91. The molecule has 1 aromatic carbocycles. The molecule has 26 heavy (non-hydrogen) atoms. The predicted molar refractivity (Wildman–Crippen MR) is 90.4 cm³/mol. The summed E-state index contributed by atoms with van der Waals surface area (Å²) in [5, 5.41) is 8.54. The molecule has 0 fully saturated rings. The van der Waals surface area contributed by atoms with Gasteiger partial charge in [0, 0.05) is 13.0 Å². The van der Waals surface area contributed by atoms with Gasteiger partial charge < -0.3 is 5.11 Å². The standard InChI is InChI=1S/C13H15ClF3NO6S2/c14-8-2-3-9(12(17)11(8)13(19)20)18(25(21)22)5-1-6-26(23,24)7-4-10(15)16/h2-3,10H,1,4-7H2,(H,19,20)(H,21,22). The molecular weight excluding hydrogens is 423 g/mol. The normalized spacial score (nSPS) is 13.0. The highest BCUT2D eigenvalue weighted by Gasteiger charge is 2.25. The lowest BCUT2D eigenvalue weighted by molar-refractivity contribution is 0.0692. The lowest BCUT2D eigenvalue weighted by Crippen LogP contribution is -2.29. The van der Waals surface area contributed by atoms with E-state index in [0.29, 0.717) is 4.31 Å². The van der Waals surface area contributed by atoms with Gasteiger partial charge in [-0.25, -0.2) is 30.6 Å². The largest absolute Gasteiger partial charge is 0.478 e. The zero-order valence-corrected chi connectivity index (χ0v) is 15.5. The maximum atomic E-state index is 14.3. The molecule has 0 saturated carbocycles. The van der Waals surface area contributed by atoms with Gasteiger partial charge >= 0.3 is 5.97 Å². The minimum Gasteiger partial charge on any atom is -0.478 e. The van der Waals surface area contributed by atoms with Crippen LogP contribution in [-0.2, 0) is 21.1 Å². The van der Waals surface area contributed by atoms with Crippen LogP contribution < -0.4 is 4.31 Å². The third-order valence-electron chi connectivity index (χ3n) is 3.21. The number of halogens is 4.